The van der Waals surface area contributed by atoms with E-state index in [2.05, 4.69) is 21.2 Å². The maximum absolute atomic E-state index is 13.1. The van der Waals surface area contributed by atoms with Crippen LogP contribution in [0.2, 0.25) is 0 Å². The van der Waals surface area contributed by atoms with E-state index in [1.165, 1.54) is 12.1 Å². The van der Waals surface area contributed by atoms with Gasteiger partial charge in [0.1, 0.15) is 5.82 Å². The summed E-state index contributed by atoms with van der Waals surface area (Å²) in [7, 11) is 1.97. The molecule has 0 spiro atoms. The number of ether oxygens (including phenoxy) is 1. The van der Waals surface area contributed by atoms with Crippen molar-refractivity contribution in [3.63, 3.8) is 0 Å². The Hall–Kier alpha value is -0.450. The monoisotopic (exact) mass is 301 g/mol. The Labute approximate surface area is 110 Å². The van der Waals surface area contributed by atoms with Crippen LogP contribution in [0.15, 0.2) is 22.7 Å². The molecule has 4 heteroatoms. The summed E-state index contributed by atoms with van der Waals surface area (Å²) in [5.74, 6) is 0.517. The molecular weight excluding hydrogens is 285 g/mol. The molecule has 0 atom stereocenters. The van der Waals surface area contributed by atoms with E-state index in [9.17, 15) is 4.39 Å². The van der Waals surface area contributed by atoms with Gasteiger partial charge in [-0.25, -0.2) is 4.39 Å². The highest BCUT2D eigenvalue weighted by molar-refractivity contribution is 9.10. The third kappa shape index (κ3) is 3.76. The fourth-order valence-electron chi connectivity index (χ4n) is 2.17. The van der Waals surface area contributed by atoms with Crippen LogP contribution in [0.5, 0.6) is 0 Å². The van der Waals surface area contributed by atoms with Gasteiger partial charge in [-0.2, -0.15) is 0 Å². The van der Waals surface area contributed by atoms with Crippen molar-refractivity contribution in [1.29, 1.82) is 0 Å². The molecule has 0 unspecified atom stereocenters. The van der Waals surface area contributed by atoms with Gasteiger partial charge in [-0.05, 0) is 56.1 Å². The Kier molecular flexibility index (Phi) is 4.54. The van der Waals surface area contributed by atoms with Gasteiger partial charge < -0.3 is 10.1 Å². The van der Waals surface area contributed by atoms with Gasteiger partial charge in [-0.1, -0.05) is 15.9 Å². The fraction of sp³-hybridized carbons (Fsp3) is 0.538. The van der Waals surface area contributed by atoms with Crippen LogP contribution in [-0.4, -0.2) is 19.7 Å². The molecule has 2 rings (SSSR count). The van der Waals surface area contributed by atoms with Gasteiger partial charge in [0.25, 0.3) is 0 Å². The fourth-order valence-corrected chi connectivity index (χ4v) is 2.69. The van der Waals surface area contributed by atoms with E-state index < -0.39 is 0 Å². The van der Waals surface area contributed by atoms with Crippen LogP contribution in [0.3, 0.4) is 0 Å². The zero-order valence-electron chi connectivity index (χ0n) is 9.88. The van der Waals surface area contributed by atoms with Gasteiger partial charge in [-0.15, -0.1) is 0 Å². The van der Waals surface area contributed by atoms with E-state index in [0.717, 1.165) is 35.3 Å². The summed E-state index contributed by atoms with van der Waals surface area (Å²) in [6.07, 6.45) is 2.56. The molecule has 1 aromatic carbocycles. The largest absolute Gasteiger partial charge is 0.374 e. The van der Waals surface area contributed by atoms with Gasteiger partial charge in [0.15, 0.2) is 0 Å². The van der Waals surface area contributed by atoms with Gasteiger partial charge in [0, 0.05) is 4.47 Å². The van der Waals surface area contributed by atoms with Crippen LogP contribution in [0.4, 0.5) is 4.39 Å². The molecule has 0 amide bonds. The number of hydrogen-bond acceptors (Lipinski definition) is 2. The van der Waals surface area contributed by atoms with Crippen LogP contribution >= 0.6 is 15.9 Å². The van der Waals surface area contributed by atoms with E-state index in [0.29, 0.717) is 12.7 Å². The molecule has 0 saturated heterocycles. The van der Waals surface area contributed by atoms with Crippen LogP contribution in [0, 0.1) is 11.7 Å². The van der Waals surface area contributed by atoms with Crippen molar-refractivity contribution in [2.75, 3.05) is 13.6 Å². The Balaban J connectivity index is 1.76. The third-order valence-corrected chi connectivity index (χ3v) is 3.55. The minimum Gasteiger partial charge on any atom is -0.374 e. The van der Waals surface area contributed by atoms with E-state index >= 15 is 0 Å². The molecule has 1 aromatic rings. The molecule has 0 radical (unpaired) electrons. The Morgan fingerprint density at radius 1 is 1.41 bits per heavy atom. The molecule has 17 heavy (non-hydrogen) atoms. The lowest BCUT2D eigenvalue weighted by atomic mass is 9.82. The summed E-state index contributed by atoms with van der Waals surface area (Å²) in [5.41, 5.74) is 0.883. The molecule has 0 aromatic heterocycles. The minimum absolute atomic E-state index is 0.223. The third-order valence-electron chi connectivity index (χ3n) is 3.09. The molecule has 0 heterocycles. The highest BCUT2D eigenvalue weighted by Crippen LogP contribution is 2.30. The number of halogens is 2. The first-order valence-electron chi connectivity index (χ1n) is 5.88. The molecule has 1 aliphatic carbocycles. The summed E-state index contributed by atoms with van der Waals surface area (Å²) in [6, 6.07) is 4.87. The molecule has 1 saturated carbocycles. The van der Waals surface area contributed by atoms with Gasteiger partial charge in [0.2, 0.25) is 0 Å². The number of benzene rings is 1. The van der Waals surface area contributed by atoms with Crippen LogP contribution in [0.1, 0.15) is 18.4 Å². The van der Waals surface area contributed by atoms with Gasteiger partial charge >= 0.3 is 0 Å². The minimum atomic E-state index is -0.223. The molecule has 0 bridgehead atoms. The Bertz CT molecular complexity index is 359. The number of nitrogens with one attached hydrogen (secondary N) is 1. The van der Waals surface area contributed by atoms with Crippen molar-refractivity contribution in [3.8, 4) is 0 Å². The van der Waals surface area contributed by atoms with E-state index in [-0.39, 0.29) is 5.82 Å². The Morgan fingerprint density at radius 3 is 2.82 bits per heavy atom. The summed E-state index contributed by atoms with van der Waals surface area (Å²) in [4.78, 5) is 0. The molecule has 1 aliphatic rings. The molecule has 1 N–H and O–H groups in total. The zero-order chi connectivity index (χ0) is 12.3. The van der Waals surface area contributed by atoms with Crippen LogP contribution in [0.25, 0.3) is 0 Å². The predicted molar refractivity (Wildman–Crippen MR) is 69.3 cm³/mol. The molecule has 2 nitrogen and oxygen atoms in total. The zero-order valence-corrected chi connectivity index (χ0v) is 11.5. The average Bonchev–Trinajstić information content (AvgIpc) is 2.19. The second-order valence-corrected chi connectivity index (χ2v) is 5.52. The highest BCUT2D eigenvalue weighted by Gasteiger charge is 2.28. The summed E-state index contributed by atoms with van der Waals surface area (Å²) < 4.78 is 19.6. The van der Waals surface area contributed by atoms with Crippen LogP contribution in [-0.2, 0) is 11.3 Å². The maximum atomic E-state index is 13.1. The van der Waals surface area contributed by atoms with Crippen molar-refractivity contribution >= 4 is 15.9 Å². The van der Waals surface area contributed by atoms with Crippen molar-refractivity contribution in [2.24, 2.45) is 5.92 Å². The van der Waals surface area contributed by atoms with Gasteiger partial charge in [-0.3, -0.25) is 0 Å². The first-order valence-corrected chi connectivity index (χ1v) is 6.68. The molecule has 1 fully saturated rings. The van der Waals surface area contributed by atoms with Crippen molar-refractivity contribution < 1.29 is 9.13 Å². The first kappa shape index (κ1) is 13.0. The number of hydrogen-bond donors (Lipinski definition) is 1. The smallest absolute Gasteiger partial charge is 0.124 e. The summed E-state index contributed by atoms with van der Waals surface area (Å²) in [6.45, 7) is 1.55. The van der Waals surface area contributed by atoms with E-state index in [1.807, 2.05) is 13.1 Å². The lowest BCUT2D eigenvalue weighted by molar-refractivity contribution is -0.0392. The molecule has 94 valence electrons. The maximum Gasteiger partial charge on any atom is 0.124 e. The standard InChI is InChI=1S/C13H17BrFNO/c1-16-7-9-4-13(5-9)17-8-10-2-11(14)6-12(15)3-10/h2-3,6,9,13,16H,4-5,7-8H2,1H3. The van der Waals surface area contributed by atoms with Crippen LogP contribution < -0.4 is 5.32 Å². The van der Waals surface area contributed by atoms with E-state index in [4.69, 9.17) is 4.74 Å². The average molecular weight is 302 g/mol. The predicted octanol–water partition coefficient (Wildman–Crippen LogP) is 3.10. The molecular formula is C13H17BrFNO. The second-order valence-electron chi connectivity index (χ2n) is 4.61. The number of rotatable bonds is 5. The Morgan fingerprint density at radius 2 is 2.18 bits per heavy atom. The normalized spacial score (nSPS) is 23.5. The first-order chi connectivity index (χ1) is 8.17. The SMILES string of the molecule is CNCC1CC(OCc2cc(F)cc(Br)c2)C1. The highest BCUT2D eigenvalue weighted by atomic mass is 79.9. The topological polar surface area (TPSA) is 21.3 Å². The second kappa shape index (κ2) is 5.94. The lowest BCUT2D eigenvalue weighted by Crippen LogP contribution is -2.36. The van der Waals surface area contributed by atoms with E-state index in [1.54, 1.807) is 0 Å². The quantitative estimate of drug-likeness (QED) is 0.902. The molecule has 0 aliphatic heterocycles. The summed E-state index contributed by atoms with van der Waals surface area (Å²) >= 11 is 3.28. The van der Waals surface area contributed by atoms with Gasteiger partial charge in [0.05, 0.1) is 12.7 Å². The van der Waals surface area contributed by atoms with Crippen molar-refractivity contribution in [1.82, 2.24) is 5.32 Å². The van der Waals surface area contributed by atoms with Crippen molar-refractivity contribution in [2.45, 2.75) is 25.6 Å². The lowest BCUT2D eigenvalue weighted by Gasteiger charge is -2.35. The summed E-state index contributed by atoms with van der Waals surface area (Å²) in [5, 5.41) is 3.17. The van der Waals surface area contributed by atoms with Crippen molar-refractivity contribution in [3.05, 3.63) is 34.1 Å².